The minimum Gasteiger partial charge on any atom is -0.314 e. The molecule has 1 atom stereocenters. The highest BCUT2D eigenvalue weighted by molar-refractivity contribution is 6.30. The van der Waals surface area contributed by atoms with Crippen LogP contribution in [0.4, 0.5) is 4.39 Å². The van der Waals surface area contributed by atoms with Gasteiger partial charge in [-0.15, -0.1) is 0 Å². The number of halogens is 2. The fourth-order valence-corrected chi connectivity index (χ4v) is 2.56. The van der Waals surface area contributed by atoms with E-state index in [1.54, 1.807) is 12.1 Å². The van der Waals surface area contributed by atoms with Crippen molar-refractivity contribution in [3.8, 4) is 0 Å². The molecule has 0 aromatic heterocycles. The molecule has 0 radical (unpaired) electrons. The van der Waals surface area contributed by atoms with Crippen molar-refractivity contribution in [2.45, 2.75) is 25.8 Å². The van der Waals surface area contributed by atoms with E-state index in [0.717, 1.165) is 13.0 Å². The van der Waals surface area contributed by atoms with E-state index in [9.17, 15) is 4.39 Å². The summed E-state index contributed by atoms with van der Waals surface area (Å²) in [6.45, 7) is 2.92. The first-order chi connectivity index (χ1) is 9.69. The SMILES string of the molecule is CCNC(Cc1ccccc1)Cc1cc(Cl)ccc1F. The van der Waals surface area contributed by atoms with Crippen molar-refractivity contribution < 1.29 is 4.39 Å². The van der Waals surface area contributed by atoms with Gasteiger partial charge in [0.1, 0.15) is 5.82 Å². The Bertz CT molecular complexity index is 542. The van der Waals surface area contributed by atoms with Crippen molar-refractivity contribution >= 4 is 11.6 Å². The lowest BCUT2D eigenvalue weighted by atomic mass is 9.98. The topological polar surface area (TPSA) is 12.0 Å². The van der Waals surface area contributed by atoms with Gasteiger partial charge in [-0.1, -0.05) is 48.9 Å². The lowest BCUT2D eigenvalue weighted by molar-refractivity contribution is 0.506. The highest BCUT2D eigenvalue weighted by atomic mass is 35.5. The summed E-state index contributed by atoms with van der Waals surface area (Å²) in [6, 6.07) is 15.2. The number of hydrogen-bond donors (Lipinski definition) is 1. The van der Waals surface area contributed by atoms with Crippen molar-refractivity contribution in [3.63, 3.8) is 0 Å². The first kappa shape index (κ1) is 15.0. The van der Waals surface area contributed by atoms with Gasteiger partial charge in [0.15, 0.2) is 0 Å². The summed E-state index contributed by atoms with van der Waals surface area (Å²) in [5.74, 6) is -0.189. The Morgan fingerprint density at radius 2 is 1.85 bits per heavy atom. The average molecular weight is 292 g/mol. The van der Waals surface area contributed by atoms with E-state index in [1.165, 1.54) is 11.6 Å². The lowest BCUT2D eigenvalue weighted by Crippen LogP contribution is -2.33. The zero-order chi connectivity index (χ0) is 14.4. The summed E-state index contributed by atoms with van der Waals surface area (Å²) < 4.78 is 13.8. The molecule has 0 fully saturated rings. The molecule has 0 amide bonds. The largest absolute Gasteiger partial charge is 0.314 e. The average Bonchev–Trinajstić information content (AvgIpc) is 2.44. The molecule has 106 valence electrons. The first-order valence-electron chi connectivity index (χ1n) is 6.90. The molecule has 0 spiro atoms. The Hall–Kier alpha value is -1.38. The third-order valence-electron chi connectivity index (χ3n) is 3.29. The van der Waals surface area contributed by atoms with Crippen molar-refractivity contribution in [1.82, 2.24) is 5.32 Å². The van der Waals surface area contributed by atoms with Gasteiger partial charge < -0.3 is 5.32 Å². The molecule has 0 bridgehead atoms. The molecule has 2 rings (SSSR count). The van der Waals surface area contributed by atoms with E-state index in [-0.39, 0.29) is 11.9 Å². The van der Waals surface area contributed by atoms with E-state index < -0.39 is 0 Å². The van der Waals surface area contributed by atoms with E-state index in [0.29, 0.717) is 17.0 Å². The summed E-state index contributed by atoms with van der Waals surface area (Å²) in [6.07, 6.45) is 1.51. The lowest BCUT2D eigenvalue weighted by Gasteiger charge is -2.18. The van der Waals surface area contributed by atoms with Crippen LogP contribution in [-0.2, 0) is 12.8 Å². The smallest absolute Gasteiger partial charge is 0.126 e. The maximum Gasteiger partial charge on any atom is 0.126 e. The van der Waals surface area contributed by atoms with E-state index in [2.05, 4.69) is 24.4 Å². The normalized spacial score (nSPS) is 12.3. The molecule has 0 heterocycles. The van der Waals surface area contributed by atoms with Crippen molar-refractivity contribution in [1.29, 1.82) is 0 Å². The second kappa shape index (κ2) is 7.41. The fraction of sp³-hybridized carbons (Fsp3) is 0.294. The Labute approximate surface area is 124 Å². The summed E-state index contributed by atoms with van der Waals surface area (Å²) >= 11 is 5.95. The van der Waals surface area contributed by atoms with Crippen LogP contribution in [0, 0.1) is 5.82 Å². The number of hydrogen-bond acceptors (Lipinski definition) is 1. The van der Waals surface area contributed by atoms with Crippen molar-refractivity contribution in [2.24, 2.45) is 0 Å². The summed E-state index contributed by atoms with van der Waals surface area (Å²) in [5.41, 5.74) is 1.92. The molecule has 1 nitrogen and oxygen atoms in total. The predicted octanol–water partition coefficient (Wildman–Crippen LogP) is 4.24. The van der Waals surface area contributed by atoms with Crippen molar-refractivity contribution in [3.05, 3.63) is 70.5 Å². The van der Waals surface area contributed by atoms with Gasteiger partial charge in [-0.25, -0.2) is 4.39 Å². The Morgan fingerprint density at radius 3 is 2.55 bits per heavy atom. The highest BCUT2D eigenvalue weighted by Crippen LogP contribution is 2.17. The maximum absolute atomic E-state index is 13.8. The predicted molar refractivity (Wildman–Crippen MR) is 82.7 cm³/mol. The van der Waals surface area contributed by atoms with Crippen LogP contribution in [0.25, 0.3) is 0 Å². The number of nitrogens with one attached hydrogen (secondary N) is 1. The van der Waals surface area contributed by atoms with Gasteiger partial charge >= 0.3 is 0 Å². The molecule has 2 aromatic carbocycles. The molecule has 0 aliphatic carbocycles. The molecule has 3 heteroatoms. The van der Waals surface area contributed by atoms with Crippen LogP contribution in [0.2, 0.25) is 5.02 Å². The fourth-order valence-electron chi connectivity index (χ4n) is 2.37. The number of benzene rings is 2. The van der Waals surface area contributed by atoms with E-state index in [1.807, 2.05) is 18.2 Å². The Kier molecular flexibility index (Phi) is 5.57. The van der Waals surface area contributed by atoms with Gasteiger partial charge in [-0.05, 0) is 48.7 Å². The standard InChI is InChI=1S/C17H19ClFN/c1-2-20-16(10-13-6-4-3-5-7-13)12-14-11-15(18)8-9-17(14)19/h3-9,11,16,20H,2,10,12H2,1H3. The summed E-state index contributed by atoms with van der Waals surface area (Å²) in [5, 5.41) is 4.00. The summed E-state index contributed by atoms with van der Waals surface area (Å²) in [7, 11) is 0. The first-order valence-corrected chi connectivity index (χ1v) is 7.28. The molecule has 0 saturated carbocycles. The van der Waals surface area contributed by atoms with Crippen molar-refractivity contribution in [2.75, 3.05) is 6.54 Å². The molecule has 0 aliphatic heterocycles. The molecule has 0 aliphatic rings. The Morgan fingerprint density at radius 1 is 1.10 bits per heavy atom. The van der Waals surface area contributed by atoms with Crippen LogP contribution in [-0.4, -0.2) is 12.6 Å². The quantitative estimate of drug-likeness (QED) is 0.839. The molecular weight excluding hydrogens is 273 g/mol. The van der Waals surface area contributed by atoms with Gasteiger partial charge in [0, 0.05) is 11.1 Å². The number of likely N-dealkylation sites (N-methyl/N-ethyl adjacent to an activating group) is 1. The second-order valence-electron chi connectivity index (χ2n) is 4.88. The van der Waals surface area contributed by atoms with Crippen LogP contribution in [0.3, 0.4) is 0 Å². The van der Waals surface area contributed by atoms with Gasteiger partial charge in [0.25, 0.3) is 0 Å². The van der Waals surface area contributed by atoms with E-state index >= 15 is 0 Å². The second-order valence-corrected chi connectivity index (χ2v) is 5.32. The van der Waals surface area contributed by atoms with E-state index in [4.69, 9.17) is 11.6 Å². The molecule has 1 unspecified atom stereocenters. The molecular formula is C17H19ClFN. The highest BCUT2D eigenvalue weighted by Gasteiger charge is 2.12. The Balaban J connectivity index is 2.11. The van der Waals surface area contributed by atoms with Gasteiger partial charge in [-0.3, -0.25) is 0 Å². The van der Waals surface area contributed by atoms with Crippen LogP contribution in [0.15, 0.2) is 48.5 Å². The van der Waals surface area contributed by atoms with Crippen LogP contribution in [0.1, 0.15) is 18.1 Å². The molecule has 0 saturated heterocycles. The minimum absolute atomic E-state index is 0.189. The third kappa shape index (κ3) is 4.32. The summed E-state index contributed by atoms with van der Waals surface area (Å²) in [4.78, 5) is 0. The van der Waals surface area contributed by atoms with Gasteiger partial charge in [0.05, 0.1) is 0 Å². The molecule has 1 N–H and O–H groups in total. The molecule has 2 aromatic rings. The maximum atomic E-state index is 13.8. The van der Waals surface area contributed by atoms with Gasteiger partial charge in [-0.2, -0.15) is 0 Å². The van der Waals surface area contributed by atoms with Crippen LogP contribution < -0.4 is 5.32 Å². The van der Waals surface area contributed by atoms with Crippen LogP contribution >= 0.6 is 11.6 Å². The third-order valence-corrected chi connectivity index (χ3v) is 3.53. The van der Waals surface area contributed by atoms with Gasteiger partial charge in [0.2, 0.25) is 0 Å². The van der Waals surface area contributed by atoms with Crippen LogP contribution in [0.5, 0.6) is 0 Å². The molecule has 20 heavy (non-hydrogen) atoms. The minimum atomic E-state index is -0.189. The zero-order valence-electron chi connectivity index (χ0n) is 11.6. The number of rotatable bonds is 6. The zero-order valence-corrected chi connectivity index (χ0v) is 12.3. The monoisotopic (exact) mass is 291 g/mol.